The molecule has 0 aromatic carbocycles. The highest BCUT2D eigenvalue weighted by atomic mass is 19.4. The minimum Gasteiger partial charge on any atom is -0.381 e. The van der Waals surface area contributed by atoms with Crippen molar-refractivity contribution in [2.75, 3.05) is 26.3 Å². The van der Waals surface area contributed by atoms with Gasteiger partial charge in [0, 0.05) is 57.5 Å². The van der Waals surface area contributed by atoms with Crippen LogP contribution < -0.4 is 5.32 Å². The maximum absolute atomic E-state index is 13.5. The van der Waals surface area contributed by atoms with E-state index in [4.69, 9.17) is 4.74 Å². The molecule has 1 aromatic rings. The molecule has 2 aliphatic rings. The van der Waals surface area contributed by atoms with Gasteiger partial charge in [-0.05, 0) is 19.3 Å². The molecule has 2 fully saturated rings. The third-order valence-electron chi connectivity index (χ3n) is 5.15. The van der Waals surface area contributed by atoms with E-state index in [0.717, 1.165) is 23.8 Å². The number of rotatable bonds is 7. The number of carbonyl (C=O) groups is 1. The summed E-state index contributed by atoms with van der Waals surface area (Å²) in [7, 11) is 1.39. The van der Waals surface area contributed by atoms with Crippen molar-refractivity contribution in [3.8, 4) is 0 Å². The monoisotopic (exact) mass is 390 g/mol. The van der Waals surface area contributed by atoms with Crippen LogP contribution >= 0.6 is 0 Å². The molecule has 3 rings (SSSR count). The average molecular weight is 390 g/mol. The molecule has 2 unspecified atom stereocenters. The van der Waals surface area contributed by atoms with E-state index in [2.05, 4.69) is 10.3 Å². The average Bonchev–Trinajstić information content (AvgIpc) is 3.11. The Balaban J connectivity index is 1.60. The molecule has 1 aliphatic heterocycles. The largest absolute Gasteiger partial charge is 0.424 e. The Labute approximate surface area is 155 Å². The van der Waals surface area contributed by atoms with E-state index in [1.54, 1.807) is 4.90 Å². The number of alkyl halides is 3. The van der Waals surface area contributed by atoms with E-state index in [1.165, 1.54) is 19.4 Å². The van der Waals surface area contributed by atoms with Crippen LogP contribution in [0.1, 0.15) is 31.5 Å². The van der Waals surface area contributed by atoms with Crippen molar-refractivity contribution < 1.29 is 27.8 Å². The lowest BCUT2D eigenvalue weighted by Gasteiger charge is -2.31. The summed E-state index contributed by atoms with van der Waals surface area (Å²) in [6.07, 6.45) is -0.399. The van der Waals surface area contributed by atoms with Gasteiger partial charge in [-0.15, -0.1) is 0 Å². The zero-order chi connectivity index (χ0) is 19.7. The molecule has 27 heavy (non-hydrogen) atoms. The summed E-state index contributed by atoms with van der Waals surface area (Å²) < 4.78 is 47.0. The second-order valence-corrected chi connectivity index (χ2v) is 7.31. The molecule has 2 N–H and O–H groups in total. The number of urea groups is 1. The number of halogens is 3. The van der Waals surface area contributed by atoms with Crippen LogP contribution in [0.15, 0.2) is 12.4 Å². The third-order valence-corrected chi connectivity index (χ3v) is 5.15. The van der Waals surface area contributed by atoms with Gasteiger partial charge in [-0.25, -0.2) is 9.78 Å². The molecule has 2 amide bonds. The van der Waals surface area contributed by atoms with Gasteiger partial charge in [0.15, 0.2) is 0 Å². The molecular formula is C17H25F3N4O3. The number of nitrogens with one attached hydrogen (secondary N) is 1. The first-order chi connectivity index (χ1) is 12.7. The molecule has 7 nitrogen and oxygen atoms in total. The van der Waals surface area contributed by atoms with Gasteiger partial charge in [0.25, 0.3) is 0 Å². The van der Waals surface area contributed by atoms with Gasteiger partial charge in [0.05, 0.1) is 6.61 Å². The normalized spacial score (nSPS) is 22.5. The fourth-order valence-corrected chi connectivity index (χ4v) is 3.39. The molecule has 2 atom stereocenters. The summed E-state index contributed by atoms with van der Waals surface area (Å²) in [6, 6.07) is -0.254. The minimum atomic E-state index is -4.91. The quantitative estimate of drug-likeness (QED) is 0.744. The van der Waals surface area contributed by atoms with Gasteiger partial charge < -0.3 is 24.6 Å². The van der Waals surface area contributed by atoms with Crippen LogP contribution in [0.4, 0.5) is 18.0 Å². The molecule has 1 aromatic heterocycles. The minimum absolute atomic E-state index is 0.140. The van der Waals surface area contributed by atoms with Crippen LogP contribution in [-0.4, -0.2) is 64.1 Å². The molecule has 2 heterocycles. The van der Waals surface area contributed by atoms with Crippen molar-refractivity contribution in [2.24, 2.45) is 13.0 Å². The fraction of sp³-hybridized carbons (Fsp3) is 0.765. The van der Waals surface area contributed by atoms with Gasteiger partial charge in [0.2, 0.25) is 5.60 Å². The van der Waals surface area contributed by atoms with E-state index < -0.39 is 30.1 Å². The fourth-order valence-electron chi connectivity index (χ4n) is 3.39. The maximum atomic E-state index is 13.5. The summed E-state index contributed by atoms with van der Waals surface area (Å²) in [5.41, 5.74) is -3.12. The number of aryl methyl sites for hydroxylation is 1. The summed E-state index contributed by atoms with van der Waals surface area (Å²) in [4.78, 5) is 17.8. The molecule has 1 saturated heterocycles. The van der Waals surface area contributed by atoms with Crippen molar-refractivity contribution in [3.63, 3.8) is 0 Å². The zero-order valence-corrected chi connectivity index (χ0v) is 15.2. The highest BCUT2D eigenvalue weighted by Crippen LogP contribution is 2.40. The van der Waals surface area contributed by atoms with Crippen LogP contribution in [0.5, 0.6) is 0 Å². The summed E-state index contributed by atoms with van der Waals surface area (Å²) in [5.74, 6) is -0.234. The molecule has 0 radical (unpaired) electrons. The van der Waals surface area contributed by atoms with E-state index >= 15 is 0 Å². The van der Waals surface area contributed by atoms with Gasteiger partial charge >= 0.3 is 12.2 Å². The lowest BCUT2D eigenvalue weighted by molar-refractivity contribution is -0.272. The Hall–Kier alpha value is -1.81. The molecule has 10 heteroatoms. The third kappa shape index (κ3) is 4.37. The first-order valence-corrected chi connectivity index (χ1v) is 9.11. The van der Waals surface area contributed by atoms with Gasteiger partial charge in [0.1, 0.15) is 5.82 Å². The molecule has 0 bridgehead atoms. The molecule has 1 saturated carbocycles. The number of carbonyl (C=O) groups excluding carboxylic acids is 1. The van der Waals surface area contributed by atoms with Gasteiger partial charge in [-0.1, -0.05) is 0 Å². The van der Waals surface area contributed by atoms with Crippen molar-refractivity contribution in [1.29, 1.82) is 0 Å². The van der Waals surface area contributed by atoms with Crippen LogP contribution in [0, 0.1) is 5.92 Å². The van der Waals surface area contributed by atoms with Crippen molar-refractivity contribution in [3.05, 3.63) is 18.2 Å². The second kappa shape index (κ2) is 7.67. The first kappa shape index (κ1) is 19.9. The van der Waals surface area contributed by atoms with Crippen molar-refractivity contribution in [2.45, 2.75) is 43.5 Å². The smallest absolute Gasteiger partial charge is 0.381 e. The maximum Gasteiger partial charge on any atom is 0.424 e. The van der Waals surface area contributed by atoms with E-state index in [1.807, 2.05) is 0 Å². The number of imidazole rings is 1. The van der Waals surface area contributed by atoms with E-state index in [-0.39, 0.29) is 18.5 Å². The number of ether oxygens (including phenoxy) is 1. The highest BCUT2D eigenvalue weighted by Gasteiger charge is 2.57. The number of hydrogen-bond donors (Lipinski definition) is 2. The first-order valence-electron chi connectivity index (χ1n) is 9.11. The van der Waals surface area contributed by atoms with Crippen LogP contribution in [0.3, 0.4) is 0 Å². The standard InChI is InChI=1S/C17H25F3N4O3/c1-23-8-7-21-14(23)16(26,17(18,19)20)5-6-22-15(25)24(13-2-3-13)10-12-4-9-27-11-12/h7-8,12-13,26H,2-6,9-11H2,1H3,(H,22,25). The summed E-state index contributed by atoms with van der Waals surface area (Å²) in [6.45, 7) is 1.50. The predicted molar refractivity (Wildman–Crippen MR) is 89.8 cm³/mol. The Kier molecular flexibility index (Phi) is 5.66. The molecule has 152 valence electrons. The van der Waals surface area contributed by atoms with Crippen molar-refractivity contribution >= 4 is 6.03 Å². The number of aliphatic hydroxyl groups is 1. The topological polar surface area (TPSA) is 79.6 Å². The molecule has 0 spiro atoms. The summed E-state index contributed by atoms with van der Waals surface area (Å²) >= 11 is 0. The lowest BCUT2D eigenvalue weighted by Crippen LogP contribution is -2.49. The van der Waals surface area contributed by atoms with Crippen LogP contribution in [-0.2, 0) is 17.4 Å². The Morgan fingerprint density at radius 1 is 1.44 bits per heavy atom. The van der Waals surface area contributed by atoms with Crippen LogP contribution in [0.25, 0.3) is 0 Å². The van der Waals surface area contributed by atoms with Crippen LogP contribution in [0.2, 0.25) is 0 Å². The lowest BCUT2D eigenvalue weighted by atomic mass is 9.97. The molecule has 1 aliphatic carbocycles. The molecular weight excluding hydrogens is 365 g/mol. The Morgan fingerprint density at radius 2 is 2.19 bits per heavy atom. The Morgan fingerprint density at radius 3 is 2.70 bits per heavy atom. The SMILES string of the molecule is Cn1ccnc1C(O)(CCNC(=O)N(CC1CCOC1)C1CC1)C(F)(F)F. The number of amides is 2. The second-order valence-electron chi connectivity index (χ2n) is 7.31. The number of nitrogens with zero attached hydrogens (tertiary/aromatic N) is 3. The van der Waals surface area contributed by atoms with Crippen molar-refractivity contribution in [1.82, 2.24) is 19.8 Å². The number of aromatic nitrogens is 2. The van der Waals surface area contributed by atoms with E-state index in [0.29, 0.717) is 19.8 Å². The number of hydrogen-bond acceptors (Lipinski definition) is 4. The van der Waals surface area contributed by atoms with E-state index in [9.17, 15) is 23.1 Å². The van der Waals surface area contributed by atoms with Gasteiger partial charge in [-0.3, -0.25) is 0 Å². The van der Waals surface area contributed by atoms with Gasteiger partial charge in [-0.2, -0.15) is 13.2 Å². The Bertz CT molecular complexity index is 656. The summed E-state index contributed by atoms with van der Waals surface area (Å²) in [5, 5.41) is 12.8. The predicted octanol–water partition coefficient (Wildman–Crippen LogP) is 1.77. The highest BCUT2D eigenvalue weighted by molar-refractivity contribution is 5.74. The zero-order valence-electron chi connectivity index (χ0n) is 15.2.